The first-order valence-electron chi connectivity index (χ1n) is 8.85. The number of hydrogen-bond donors (Lipinski definition) is 2. The summed E-state index contributed by atoms with van der Waals surface area (Å²) in [6, 6.07) is 12.9. The number of hydrogen-bond acceptors (Lipinski definition) is 7. The predicted molar refractivity (Wildman–Crippen MR) is 103 cm³/mol. The first-order chi connectivity index (χ1) is 13.9. The summed E-state index contributed by atoms with van der Waals surface area (Å²) in [7, 11) is -2.44. The fourth-order valence-corrected chi connectivity index (χ4v) is 3.71. The van der Waals surface area contributed by atoms with Crippen molar-refractivity contribution in [2.75, 3.05) is 33.5 Å². The van der Waals surface area contributed by atoms with E-state index < -0.39 is 22.0 Å². The monoisotopic (exact) mass is 422 g/mol. The Morgan fingerprint density at radius 2 is 1.93 bits per heavy atom. The lowest BCUT2D eigenvalue weighted by molar-refractivity contribution is -0.121. The molecule has 0 spiro atoms. The summed E-state index contributed by atoms with van der Waals surface area (Å²) in [4.78, 5) is 12.1. The summed E-state index contributed by atoms with van der Waals surface area (Å²) in [5, 5.41) is 12.5. The highest BCUT2D eigenvalue weighted by atomic mass is 32.2. The third-order valence-electron chi connectivity index (χ3n) is 4.14. The number of fused-ring (bicyclic) bond motifs is 1. The van der Waals surface area contributed by atoms with Crippen LogP contribution in [-0.2, 0) is 14.8 Å². The minimum atomic E-state index is -3.76. The number of likely N-dealkylation sites (N-methyl/N-ethyl adjacent to an activating group) is 1. The van der Waals surface area contributed by atoms with Crippen LogP contribution in [0.15, 0.2) is 53.4 Å². The Morgan fingerprint density at radius 3 is 2.69 bits per heavy atom. The second-order valence-corrected chi connectivity index (χ2v) is 8.40. The Hall–Kier alpha value is -2.82. The number of aliphatic hydroxyl groups excluding tert-OH is 1. The van der Waals surface area contributed by atoms with Crippen molar-refractivity contribution in [1.29, 1.82) is 0 Å². The van der Waals surface area contributed by atoms with Crippen molar-refractivity contribution in [3.8, 4) is 17.2 Å². The van der Waals surface area contributed by atoms with Crippen molar-refractivity contribution in [3.63, 3.8) is 0 Å². The molecule has 0 fully saturated rings. The quantitative estimate of drug-likeness (QED) is 0.608. The number of benzene rings is 2. The van der Waals surface area contributed by atoms with E-state index in [1.807, 2.05) is 0 Å². The number of rotatable bonds is 9. The van der Waals surface area contributed by atoms with Crippen molar-refractivity contribution in [2.24, 2.45) is 0 Å². The van der Waals surface area contributed by atoms with Crippen LogP contribution in [0.3, 0.4) is 0 Å². The first-order valence-corrected chi connectivity index (χ1v) is 10.3. The van der Waals surface area contributed by atoms with Gasteiger partial charge in [-0.15, -0.1) is 0 Å². The Labute approximate surface area is 168 Å². The molecule has 29 heavy (non-hydrogen) atoms. The maximum absolute atomic E-state index is 12.4. The molecular formula is C19H22N2O7S. The van der Waals surface area contributed by atoms with Crippen molar-refractivity contribution < 1.29 is 32.5 Å². The summed E-state index contributed by atoms with van der Waals surface area (Å²) >= 11 is 0. The second kappa shape index (κ2) is 9.12. The molecule has 1 aliphatic heterocycles. The minimum absolute atomic E-state index is 0.0575. The van der Waals surface area contributed by atoms with Gasteiger partial charge in [0.1, 0.15) is 18.5 Å². The average Bonchev–Trinajstić information content (AvgIpc) is 3.19. The molecule has 0 bridgehead atoms. The van der Waals surface area contributed by atoms with Crippen LogP contribution in [0.25, 0.3) is 0 Å². The molecule has 0 aliphatic carbocycles. The van der Waals surface area contributed by atoms with Gasteiger partial charge in [0.05, 0.1) is 11.4 Å². The van der Waals surface area contributed by atoms with Crippen LogP contribution in [0.4, 0.5) is 0 Å². The zero-order valence-corrected chi connectivity index (χ0v) is 16.6. The molecule has 2 aromatic carbocycles. The van der Waals surface area contributed by atoms with Crippen molar-refractivity contribution in [2.45, 2.75) is 11.0 Å². The number of aliphatic hydroxyl groups is 1. The number of carbonyl (C=O) groups excluding carboxylic acids is 1. The van der Waals surface area contributed by atoms with Crippen LogP contribution < -0.4 is 19.5 Å². The van der Waals surface area contributed by atoms with E-state index in [1.54, 1.807) is 36.4 Å². The van der Waals surface area contributed by atoms with Crippen LogP contribution >= 0.6 is 0 Å². The SMILES string of the molecule is CN(CC(=O)NCC(O)COc1ccc2c(c1)OCO2)S(=O)(=O)c1ccccc1. The minimum Gasteiger partial charge on any atom is -0.491 e. The van der Waals surface area contributed by atoms with Gasteiger partial charge in [-0.05, 0) is 24.3 Å². The van der Waals surface area contributed by atoms with Crippen LogP contribution in [0, 0.1) is 0 Å². The van der Waals surface area contributed by atoms with Gasteiger partial charge >= 0.3 is 0 Å². The van der Waals surface area contributed by atoms with Gasteiger partial charge in [-0.3, -0.25) is 4.79 Å². The zero-order valence-electron chi connectivity index (χ0n) is 15.8. The van der Waals surface area contributed by atoms with Gasteiger partial charge in [0.2, 0.25) is 22.7 Å². The summed E-state index contributed by atoms with van der Waals surface area (Å²) in [5.41, 5.74) is 0. The highest BCUT2D eigenvalue weighted by molar-refractivity contribution is 7.89. The topological polar surface area (TPSA) is 114 Å². The maximum Gasteiger partial charge on any atom is 0.243 e. The first kappa shape index (κ1) is 20.9. The third kappa shape index (κ3) is 5.37. The smallest absolute Gasteiger partial charge is 0.243 e. The molecule has 0 saturated heterocycles. The lowest BCUT2D eigenvalue weighted by atomic mass is 10.3. The highest BCUT2D eigenvalue weighted by Crippen LogP contribution is 2.35. The van der Waals surface area contributed by atoms with Gasteiger partial charge in [0, 0.05) is 19.7 Å². The van der Waals surface area contributed by atoms with E-state index >= 15 is 0 Å². The molecular weight excluding hydrogens is 400 g/mol. The lowest BCUT2D eigenvalue weighted by Gasteiger charge is -2.18. The molecule has 1 atom stereocenters. The maximum atomic E-state index is 12.4. The van der Waals surface area contributed by atoms with E-state index in [1.165, 1.54) is 19.2 Å². The number of amides is 1. The Bertz CT molecular complexity index is 950. The summed E-state index contributed by atoms with van der Waals surface area (Å²) in [6.45, 7) is -0.352. The molecule has 0 saturated carbocycles. The summed E-state index contributed by atoms with van der Waals surface area (Å²) in [6.07, 6.45) is -0.972. The number of sulfonamides is 1. The molecule has 9 nitrogen and oxygen atoms in total. The normalized spacial score (nSPS) is 13.9. The molecule has 1 unspecified atom stereocenters. The van der Waals surface area contributed by atoms with E-state index in [0.717, 1.165) is 4.31 Å². The van der Waals surface area contributed by atoms with Crippen molar-refractivity contribution in [1.82, 2.24) is 9.62 Å². The summed E-state index contributed by atoms with van der Waals surface area (Å²) in [5.74, 6) is 1.15. The van der Waals surface area contributed by atoms with Gasteiger partial charge in [0.25, 0.3) is 0 Å². The molecule has 1 amide bonds. The Balaban J connectivity index is 1.43. The molecule has 2 aromatic rings. The molecule has 10 heteroatoms. The van der Waals surface area contributed by atoms with E-state index in [2.05, 4.69) is 5.32 Å². The Morgan fingerprint density at radius 1 is 1.21 bits per heavy atom. The predicted octanol–water partition coefficient (Wildman–Crippen LogP) is 0.592. The van der Waals surface area contributed by atoms with Crippen molar-refractivity contribution in [3.05, 3.63) is 48.5 Å². The molecule has 0 aromatic heterocycles. The molecule has 156 valence electrons. The number of ether oxygens (including phenoxy) is 3. The molecule has 1 aliphatic rings. The van der Waals surface area contributed by atoms with Crippen LogP contribution in [0.5, 0.6) is 17.2 Å². The second-order valence-electron chi connectivity index (χ2n) is 6.36. The van der Waals surface area contributed by atoms with Gasteiger partial charge in [-0.1, -0.05) is 18.2 Å². The van der Waals surface area contributed by atoms with E-state index in [9.17, 15) is 18.3 Å². The number of nitrogens with one attached hydrogen (secondary N) is 1. The van der Waals surface area contributed by atoms with Crippen LogP contribution in [0.1, 0.15) is 0 Å². The van der Waals surface area contributed by atoms with E-state index in [4.69, 9.17) is 14.2 Å². The van der Waals surface area contributed by atoms with E-state index in [0.29, 0.717) is 17.2 Å². The fraction of sp³-hybridized carbons (Fsp3) is 0.316. The van der Waals surface area contributed by atoms with E-state index in [-0.39, 0.29) is 31.4 Å². The number of carbonyl (C=O) groups is 1. The summed E-state index contributed by atoms with van der Waals surface area (Å²) < 4.78 is 41.7. The molecule has 0 radical (unpaired) electrons. The fourth-order valence-electron chi connectivity index (χ4n) is 2.57. The van der Waals surface area contributed by atoms with Gasteiger partial charge in [-0.2, -0.15) is 4.31 Å². The lowest BCUT2D eigenvalue weighted by Crippen LogP contribution is -2.42. The van der Waals surface area contributed by atoms with Crippen LogP contribution in [-0.4, -0.2) is 63.4 Å². The zero-order chi connectivity index (χ0) is 20.9. The molecule has 2 N–H and O–H groups in total. The van der Waals surface area contributed by atoms with Crippen LogP contribution in [0.2, 0.25) is 0 Å². The molecule has 3 rings (SSSR count). The highest BCUT2D eigenvalue weighted by Gasteiger charge is 2.23. The average molecular weight is 422 g/mol. The van der Waals surface area contributed by atoms with Gasteiger partial charge in [-0.25, -0.2) is 8.42 Å². The number of nitrogens with zero attached hydrogens (tertiary/aromatic N) is 1. The van der Waals surface area contributed by atoms with Crippen molar-refractivity contribution >= 4 is 15.9 Å². The van der Waals surface area contributed by atoms with Gasteiger partial charge < -0.3 is 24.6 Å². The largest absolute Gasteiger partial charge is 0.491 e. The molecule has 1 heterocycles. The third-order valence-corrected chi connectivity index (χ3v) is 5.96. The Kier molecular flexibility index (Phi) is 6.57. The standard InChI is InChI=1S/C19H22N2O7S/c1-21(29(24,25)16-5-3-2-4-6-16)11-19(23)20-10-14(22)12-26-15-7-8-17-18(9-15)28-13-27-17/h2-9,14,22H,10-13H2,1H3,(H,20,23). The van der Waals surface area contributed by atoms with Gasteiger partial charge in [0.15, 0.2) is 11.5 Å².